The quantitative estimate of drug-likeness (QED) is 0.820. The highest BCUT2D eigenvalue weighted by molar-refractivity contribution is 5.84. The first-order valence-corrected chi connectivity index (χ1v) is 7.04. The second kappa shape index (κ2) is 7.14. The van der Waals surface area contributed by atoms with Crippen LogP contribution in [0.15, 0.2) is 24.3 Å². The molecule has 0 saturated heterocycles. The van der Waals surface area contributed by atoms with Gasteiger partial charge >= 0.3 is 6.09 Å². The standard InChI is InChI=1S/C15H22N2O2/c16-11-12-7-9-13(10-8-12)17-15(18)19-14-5-3-1-2-4-6-14/h7-10,14H,1-6,11,16H2,(H,17,18). The highest BCUT2D eigenvalue weighted by Crippen LogP contribution is 2.20. The number of nitrogens with two attached hydrogens (primary N) is 1. The molecule has 3 N–H and O–H groups in total. The number of ether oxygens (including phenoxy) is 1. The van der Waals surface area contributed by atoms with Crippen molar-refractivity contribution in [1.29, 1.82) is 0 Å². The van der Waals surface area contributed by atoms with Crippen LogP contribution in [0.5, 0.6) is 0 Å². The normalized spacial score (nSPS) is 16.7. The van der Waals surface area contributed by atoms with Gasteiger partial charge in [0.25, 0.3) is 0 Å². The van der Waals surface area contributed by atoms with Crippen molar-refractivity contribution in [2.45, 2.75) is 51.2 Å². The van der Waals surface area contributed by atoms with E-state index in [0.717, 1.165) is 36.9 Å². The molecule has 0 aromatic heterocycles. The van der Waals surface area contributed by atoms with Crippen molar-refractivity contribution in [2.75, 3.05) is 5.32 Å². The van der Waals surface area contributed by atoms with Crippen LogP contribution in [0.4, 0.5) is 10.5 Å². The molecule has 0 bridgehead atoms. The number of hydrogen-bond donors (Lipinski definition) is 2. The molecule has 1 saturated carbocycles. The van der Waals surface area contributed by atoms with Gasteiger partial charge in [-0.2, -0.15) is 0 Å². The lowest BCUT2D eigenvalue weighted by molar-refractivity contribution is 0.101. The summed E-state index contributed by atoms with van der Waals surface area (Å²) >= 11 is 0. The average molecular weight is 262 g/mol. The molecule has 19 heavy (non-hydrogen) atoms. The number of rotatable bonds is 3. The highest BCUT2D eigenvalue weighted by Gasteiger charge is 2.16. The van der Waals surface area contributed by atoms with E-state index in [1.165, 1.54) is 12.8 Å². The van der Waals surface area contributed by atoms with Gasteiger partial charge in [-0.15, -0.1) is 0 Å². The van der Waals surface area contributed by atoms with E-state index in [0.29, 0.717) is 6.54 Å². The summed E-state index contributed by atoms with van der Waals surface area (Å²) in [5, 5.41) is 2.76. The minimum absolute atomic E-state index is 0.0748. The Hall–Kier alpha value is -1.55. The largest absolute Gasteiger partial charge is 0.446 e. The van der Waals surface area contributed by atoms with Crippen molar-refractivity contribution < 1.29 is 9.53 Å². The summed E-state index contributed by atoms with van der Waals surface area (Å²) in [5.41, 5.74) is 7.32. The Morgan fingerprint density at radius 3 is 2.37 bits per heavy atom. The number of hydrogen-bond acceptors (Lipinski definition) is 3. The molecular weight excluding hydrogens is 240 g/mol. The zero-order valence-electron chi connectivity index (χ0n) is 11.2. The van der Waals surface area contributed by atoms with Crippen LogP contribution in [0.2, 0.25) is 0 Å². The van der Waals surface area contributed by atoms with E-state index in [4.69, 9.17) is 10.5 Å². The summed E-state index contributed by atoms with van der Waals surface area (Å²) in [7, 11) is 0. The van der Waals surface area contributed by atoms with Gasteiger partial charge in [0.1, 0.15) is 6.10 Å². The molecule has 4 heteroatoms. The van der Waals surface area contributed by atoms with Crippen LogP contribution < -0.4 is 11.1 Å². The van der Waals surface area contributed by atoms with E-state index in [9.17, 15) is 4.79 Å². The van der Waals surface area contributed by atoms with Crippen LogP contribution in [0, 0.1) is 0 Å². The smallest absolute Gasteiger partial charge is 0.411 e. The molecule has 0 radical (unpaired) electrons. The predicted molar refractivity (Wildman–Crippen MR) is 75.9 cm³/mol. The Morgan fingerprint density at radius 2 is 1.79 bits per heavy atom. The maximum atomic E-state index is 11.8. The van der Waals surface area contributed by atoms with Gasteiger partial charge in [0.05, 0.1) is 0 Å². The number of anilines is 1. The number of amides is 1. The second-order valence-corrected chi connectivity index (χ2v) is 5.04. The molecular formula is C15H22N2O2. The van der Waals surface area contributed by atoms with Crippen molar-refractivity contribution >= 4 is 11.8 Å². The molecule has 0 aliphatic heterocycles. The van der Waals surface area contributed by atoms with Gasteiger partial charge in [-0.1, -0.05) is 25.0 Å². The Balaban J connectivity index is 1.82. The molecule has 104 valence electrons. The molecule has 1 amide bonds. The van der Waals surface area contributed by atoms with E-state index in [1.54, 1.807) is 0 Å². The first kappa shape index (κ1) is 13.9. The van der Waals surface area contributed by atoms with Gasteiger partial charge < -0.3 is 10.5 Å². The van der Waals surface area contributed by atoms with Crippen molar-refractivity contribution in [1.82, 2.24) is 0 Å². The van der Waals surface area contributed by atoms with Gasteiger partial charge in [0.2, 0.25) is 0 Å². The SMILES string of the molecule is NCc1ccc(NC(=O)OC2CCCCCC2)cc1. The maximum absolute atomic E-state index is 11.8. The lowest BCUT2D eigenvalue weighted by Gasteiger charge is -2.15. The number of nitrogens with one attached hydrogen (secondary N) is 1. The van der Waals surface area contributed by atoms with Gasteiger partial charge in [-0.05, 0) is 43.4 Å². The molecule has 1 aromatic rings. The Morgan fingerprint density at radius 1 is 1.16 bits per heavy atom. The van der Waals surface area contributed by atoms with E-state index in [-0.39, 0.29) is 12.2 Å². The van der Waals surface area contributed by atoms with E-state index in [2.05, 4.69) is 5.32 Å². The van der Waals surface area contributed by atoms with Crippen molar-refractivity contribution in [3.8, 4) is 0 Å². The van der Waals surface area contributed by atoms with Gasteiger partial charge in [0, 0.05) is 12.2 Å². The Labute approximate surface area is 114 Å². The average Bonchev–Trinajstić information content (AvgIpc) is 2.68. The number of carbonyl (C=O) groups excluding carboxylic acids is 1. The number of carbonyl (C=O) groups is 1. The molecule has 0 atom stereocenters. The fourth-order valence-electron chi connectivity index (χ4n) is 2.38. The van der Waals surface area contributed by atoms with Crippen LogP contribution in [0.1, 0.15) is 44.1 Å². The van der Waals surface area contributed by atoms with Crippen LogP contribution in [-0.4, -0.2) is 12.2 Å². The fraction of sp³-hybridized carbons (Fsp3) is 0.533. The molecule has 2 rings (SSSR count). The molecule has 0 spiro atoms. The van der Waals surface area contributed by atoms with Crippen LogP contribution in [-0.2, 0) is 11.3 Å². The van der Waals surface area contributed by atoms with Crippen LogP contribution in [0.3, 0.4) is 0 Å². The van der Waals surface area contributed by atoms with Crippen molar-refractivity contribution in [2.24, 2.45) is 5.73 Å². The van der Waals surface area contributed by atoms with Crippen molar-refractivity contribution in [3.05, 3.63) is 29.8 Å². The lowest BCUT2D eigenvalue weighted by Crippen LogP contribution is -2.22. The zero-order chi connectivity index (χ0) is 13.5. The monoisotopic (exact) mass is 262 g/mol. The summed E-state index contributed by atoms with van der Waals surface area (Å²) < 4.78 is 5.46. The van der Waals surface area contributed by atoms with Crippen LogP contribution >= 0.6 is 0 Å². The third-order valence-corrected chi connectivity index (χ3v) is 3.51. The Bertz CT molecular complexity index is 395. The molecule has 4 nitrogen and oxygen atoms in total. The molecule has 0 unspecified atom stereocenters. The predicted octanol–water partition coefficient (Wildman–Crippen LogP) is 3.42. The van der Waals surface area contributed by atoms with E-state index < -0.39 is 0 Å². The van der Waals surface area contributed by atoms with Gasteiger partial charge in [-0.25, -0.2) is 4.79 Å². The minimum Gasteiger partial charge on any atom is -0.446 e. The van der Waals surface area contributed by atoms with Crippen LogP contribution in [0.25, 0.3) is 0 Å². The molecule has 1 aliphatic rings. The van der Waals surface area contributed by atoms with Crippen molar-refractivity contribution in [3.63, 3.8) is 0 Å². The maximum Gasteiger partial charge on any atom is 0.411 e. The first-order chi connectivity index (χ1) is 9.28. The van der Waals surface area contributed by atoms with Gasteiger partial charge in [0.15, 0.2) is 0 Å². The van der Waals surface area contributed by atoms with Gasteiger partial charge in [-0.3, -0.25) is 5.32 Å². The summed E-state index contributed by atoms with van der Waals surface area (Å²) in [6.07, 6.45) is 6.51. The fourth-order valence-corrected chi connectivity index (χ4v) is 2.38. The highest BCUT2D eigenvalue weighted by atomic mass is 16.6. The molecule has 1 fully saturated rings. The third kappa shape index (κ3) is 4.56. The molecule has 1 aliphatic carbocycles. The van der Waals surface area contributed by atoms with E-state index in [1.807, 2.05) is 24.3 Å². The summed E-state index contributed by atoms with van der Waals surface area (Å²) in [5.74, 6) is 0. The summed E-state index contributed by atoms with van der Waals surface area (Å²) in [4.78, 5) is 11.8. The number of benzene rings is 1. The topological polar surface area (TPSA) is 64.3 Å². The molecule has 1 aromatic carbocycles. The summed E-state index contributed by atoms with van der Waals surface area (Å²) in [6, 6.07) is 7.50. The zero-order valence-corrected chi connectivity index (χ0v) is 11.2. The second-order valence-electron chi connectivity index (χ2n) is 5.04. The Kier molecular flexibility index (Phi) is 5.21. The summed E-state index contributed by atoms with van der Waals surface area (Å²) in [6.45, 7) is 0.507. The lowest BCUT2D eigenvalue weighted by atomic mass is 10.1. The minimum atomic E-state index is -0.354. The first-order valence-electron chi connectivity index (χ1n) is 7.04. The molecule has 0 heterocycles. The third-order valence-electron chi connectivity index (χ3n) is 3.51. The van der Waals surface area contributed by atoms with E-state index >= 15 is 0 Å².